The molecule has 1 fully saturated rings. The van der Waals surface area contributed by atoms with Gasteiger partial charge in [-0.3, -0.25) is 0 Å². The topological polar surface area (TPSA) is 26.3 Å². The molecule has 0 bridgehead atoms. The minimum Gasteiger partial charge on any atom is -0.459 e. The molecule has 2 rings (SSSR count). The minimum absolute atomic E-state index is 0.0560. The van der Waals surface area contributed by atoms with Gasteiger partial charge in [0, 0.05) is 0 Å². The highest BCUT2D eigenvalue weighted by molar-refractivity contribution is 5.89. The van der Waals surface area contributed by atoms with E-state index in [0.29, 0.717) is 11.5 Å². The Balaban J connectivity index is 1.99. The summed E-state index contributed by atoms with van der Waals surface area (Å²) in [4.78, 5) is 12.0. The molecule has 0 amide bonds. The number of hydrogen-bond acceptors (Lipinski definition) is 2. The number of esters is 1. The molecule has 2 unspecified atom stereocenters. The molecule has 2 nitrogen and oxygen atoms in total. The lowest BCUT2D eigenvalue weighted by Gasteiger charge is -2.38. The smallest absolute Gasteiger partial charge is 0.338 e. The van der Waals surface area contributed by atoms with Crippen molar-refractivity contribution in [3.8, 4) is 0 Å². The molecule has 2 heteroatoms. The lowest BCUT2D eigenvalue weighted by Crippen LogP contribution is -2.33. The van der Waals surface area contributed by atoms with E-state index in [9.17, 15) is 4.79 Å². The van der Waals surface area contributed by atoms with Crippen LogP contribution in [0.2, 0.25) is 0 Å². The molecule has 0 aliphatic heterocycles. The molecule has 97 valence electrons. The number of hydrogen-bond donors (Lipinski definition) is 0. The van der Waals surface area contributed by atoms with Gasteiger partial charge in [-0.1, -0.05) is 32.9 Å². The van der Waals surface area contributed by atoms with Crippen LogP contribution in [0.25, 0.3) is 0 Å². The highest BCUT2D eigenvalue weighted by atomic mass is 16.5. The molecule has 0 heterocycles. The number of rotatable bonds is 2. The molecule has 1 aliphatic carbocycles. The first-order valence-corrected chi connectivity index (χ1v) is 6.63. The molecule has 0 N–H and O–H groups in total. The van der Waals surface area contributed by atoms with Crippen molar-refractivity contribution in [2.24, 2.45) is 11.3 Å². The Morgan fingerprint density at radius 2 is 2.00 bits per heavy atom. The van der Waals surface area contributed by atoms with E-state index in [1.165, 1.54) is 6.42 Å². The SMILES string of the molecule is CC1CC(OC(=O)c2cc[c]cc2)CC(C)(C)C1. The summed E-state index contributed by atoms with van der Waals surface area (Å²) < 4.78 is 5.63. The van der Waals surface area contributed by atoms with Crippen molar-refractivity contribution < 1.29 is 9.53 Å². The third kappa shape index (κ3) is 3.34. The first kappa shape index (κ1) is 13.1. The highest BCUT2D eigenvalue weighted by Crippen LogP contribution is 2.39. The van der Waals surface area contributed by atoms with E-state index in [2.05, 4.69) is 26.8 Å². The van der Waals surface area contributed by atoms with E-state index in [4.69, 9.17) is 4.74 Å². The van der Waals surface area contributed by atoms with Crippen molar-refractivity contribution >= 4 is 5.97 Å². The molecule has 0 saturated heterocycles. The predicted octanol–water partition coefficient (Wildman–Crippen LogP) is 3.86. The van der Waals surface area contributed by atoms with Crippen LogP contribution < -0.4 is 0 Å². The second-order valence-electron chi connectivity index (χ2n) is 6.23. The van der Waals surface area contributed by atoms with Crippen molar-refractivity contribution in [1.82, 2.24) is 0 Å². The van der Waals surface area contributed by atoms with Gasteiger partial charge in [-0.25, -0.2) is 4.79 Å². The second kappa shape index (κ2) is 5.13. The summed E-state index contributed by atoms with van der Waals surface area (Å²) >= 11 is 0. The highest BCUT2D eigenvalue weighted by Gasteiger charge is 2.34. The largest absolute Gasteiger partial charge is 0.459 e. The van der Waals surface area contributed by atoms with Gasteiger partial charge in [0.15, 0.2) is 0 Å². The molecule has 0 spiro atoms. The van der Waals surface area contributed by atoms with E-state index in [-0.39, 0.29) is 17.5 Å². The molecule has 0 aromatic heterocycles. The van der Waals surface area contributed by atoms with Crippen molar-refractivity contribution in [3.63, 3.8) is 0 Å². The van der Waals surface area contributed by atoms with E-state index < -0.39 is 0 Å². The van der Waals surface area contributed by atoms with Crippen molar-refractivity contribution in [2.45, 2.75) is 46.1 Å². The summed E-state index contributed by atoms with van der Waals surface area (Å²) in [5.41, 5.74) is 0.886. The third-order valence-electron chi connectivity index (χ3n) is 3.57. The fourth-order valence-corrected chi connectivity index (χ4v) is 3.09. The normalized spacial score (nSPS) is 26.6. The second-order valence-corrected chi connectivity index (χ2v) is 6.23. The van der Waals surface area contributed by atoms with Gasteiger partial charge >= 0.3 is 5.97 Å². The van der Waals surface area contributed by atoms with Gasteiger partial charge in [-0.2, -0.15) is 0 Å². The molecular formula is C16H21O2. The molecule has 1 radical (unpaired) electrons. The summed E-state index contributed by atoms with van der Waals surface area (Å²) in [5, 5.41) is 0. The zero-order valence-electron chi connectivity index (χ0n) is 11.4. The van der Waals surface area contributed by atoms with Crippen LogP contribution in [0.4, 0.5) is 0 Å². The maximum atomic E-state index is 12.0. The average molecular weight is 245 g/mol. The lowest BCUT2D eigenvalue weighted by atomic mass is 9.71. The predicted molar refractivity (Wildman–Crippen MR) is 71.3 cm³/mol. The Labute approximate surface area is 109 Å². The molecule has 1 saturated carbocycles. The number of carbonyl (C=O) groups is 1. The Morgan fingerprint density at radius 3 is 2.61 bits per heavy atom. The standard InChI is InChI=1S/C16H21O2/c1-12-9-14(11-16(2,3)10-12)18-15(17)13-7-5-4-6-8-13/h5-8,12,14H,9-11H2,1-3H3. The third-order valence-corrected chi connectivity index (χ3v) is 3.57. The number of benzene rings is 1. The zero-order chi connectivity index (χ0) is 13.2. The summed E-state index contributed by atoms with van der Waals surface area (Å²) in [6, 6.07) is 9.88. The van der Waals surface area contributed by atoms with E-state index in [1.54, 1.807) is 24.3 Å². The van der Waals surface area contributed by atoms with Crippen molar-refractivity contribution in [2.75, 3.05) is 0 Å². The van der Waals surface area contributed by atoms with Crippen LogP contribution in [0.5, 0.6) is 0 Å². The van der Waals surface area contributed by atoms with Crippen LogP contribution in [0.3, 0.4) is 0 Å². The van der Waals surface area contributed by atoms with Crippen molar-refractivity contribution in [1.29, 1.82) is 0 Å². The first-order chi connectivity index (χ1) is 8.46. The quantitative estimate of drug-likeness (QED) is 0.740. The van der Waals surface area contributed by atoms with E-state index in [1.807, 2.05) is 0 Å². The number of ether oxygens (including phenoxy) is 1. The minimum atomic E-state index is -0.209. The lowest BCUT2D eigenvalue weighted by molar-refractivity contribution is -0.00714. The van der Waals surface area contributed by atoms with Gasteiger partial charge in [-0.05, 0) is 48.8 Å². The van der Waals surface area contributed by atoms with Gasteiger partial charge in [-0.15, -0.1) is 0 Å². The van der Waals surface area contributed by atoms with Gasteiger partial charge in [0.05, 0.1) is 5.56 Å². The van der Waals surface area contributed by atoms with Crippen molar-refractivity contribution in [3.05, 3.63) is 35.9 Å². The van der Waals surface area contributed by atoms with Crippen LogP contribution in [-0.2, 0) is 4.74 Å². The Bertz CT molecular complexity index is 408. The fourth-order valence-electron chi connectivity index (χ4n) is 3.09. The summed E-state index contributed by atoms with van der Waals surface area (Å²) in [7, 11) is 0. The average Bonchev–Trinajstić information content (AvgIpc) is 2.27. The maximum absolute atomic E-state index is 12.0. The molecule has 1 aromatic carbocycles. The maximum Gasteiger partial charge on any atom is 0.338 e. The van der Waals surface area contributed by atoms with Crippen LogP contribution in [0.1, 0.15) is 50.4 Å². The summed E-state index contributed by atoms with van der Waals surface area (Å²) in [6.45, 7) is 6.74. The van der Waals surface area contributed by atoms with E-state index in [0.717, 1.165) is 12.8 Å². The molecule has 18 heavy (non-hydrogen) atoms. The fraction of sp³-hybridized carbons (Fsp3) is 0.562. The van der Waals surface area contributed by atoms with Gasteiger partial charge < -0.3 is 4.74 Å². The Hall–Kier alpha value is -1.31. The molecule has 2 atom stereocenters. The molecule has 1 aliphatic rings. The van der Waals surface area contributed by atoms with Gasteiger partial charge in [0.2, 0.25) is 0 Å². The molecule has 1 aromatic rings. The van der Waals surface area contributed by atoms with Crippen LogP contribution in [0.15, 0.2) is 24.3 Å². The van der Waals surface area contributed by atoms with Crippen LogP contribution in [0, 0.1) is 17.4 Å². The summed E-state index contributed by atoms with van der Waals surface area (Å²) in [5.74, 6) is 0.412. The van der Waals surface area contributed by atoms with Gasteiger partial charge in [0.1, 0.15) is 6.10 Å². The monoisotopic (exact) mass is 245 g/mol. The van der Waals surface area contributed by atoms with E-state index >= 15 is 0 Å². The van der Waals surface area contributed by atoms with Crippen LogP contribution in [-0.4, -0.2) is 12.1 Å². The molecular weight excluding hydrogens is 224 g/mol. The number of carbonyl (C=O) groups excluding carboxylic acids is 1. The zero-order valence-corrected chi connectivity index (χ0v) is 11.4. The Kier molecular flexibility index (Phi) is 3.74. The first-order valence-electron chi connectivity index (χ1n) is 6.63. The Morgan fingerprint density at radius 1 is 1.33 bits per heavy atom. The van der Waals surface area contributed by atoms with Gasteiger partial charge in [0.25, 0.3) is 0 Å². The summed E-state index contributed by atoms with van der Waals surface area (Å²) in [6.07, 6.45) is 3.21. The van der Waals surface area contributed by atoms with Crippen LogP contribution >= 0.6 is 0 Å².